The Hall–Kier alpha value is -1.37. The Labute approximate surface area is 119 Å². The normalized spacial score (nSPS) is 10.3. The van der Waals surface area contributed by atoms with Gasteiger partial charge >= 0.3 is 5.97 Å². The van der Waals surface area contributed by atoms with E-state index >= 15 is 0 Å². The third kappa shape index (κ3) is 3.83. The van der Waals surface area contributed by atoms with Crippen LogP contribution >= 0.6 is 22.6 Å². The van der Waals surface area contributed by atoms with Crippen molar-refractivity contribution in [2.24, 2.45) is 0 Å². The molecular weight excluding hydrogens is 343 g/mol. The molecule has 4 nitrogen and oxygen atoms in total. The zero-order valence-corrected chi connectivity index (χ0v) is 11.9. The van der Waals surface area contributed by atoms with Crippen molar-refractivity contribution in [1.82, 2.24) is 9.97 Å². The minimum Gasteiger partial charge on any atom is -0.462 e. The van der Waals surface area contributed by atoms with Gasteiger partial charge in [0.2, 0.25) is 0 Å². The van der Waals surface area contributed by atoms with Crippen molar-refractivity contribution >= 4 is 28.6 Å². The largest absolute Gasteiger partial charge is 0.462 e. The number of nitrogens with zero attached hydrogens (tertiary/aromatic N) is 1. The van der Waals surface area contributed by atoms with Gasteiger partial charge in [0.25, 0.3) is 0 Å². The quantitative estimate of drug-likeness (QED) is 0.509. The van der Waals surface area contributed by atoms with Gasteiger partial charge in [-0.25, -0.2) is 9.78 Å². The van der Waals surface area contributed by atoms with Crippen LogP contribution in [0.2, 0.25) is 0 Å². The summed E-state index contributed by atoms with van der Waals surface area (Å²) in [6.45, 7) is 0.414. The molecule has 0 amide bonds. The molecule has 0 aliphatic heterocycles. The number of hydrogen-bond acceptors (Lipinski definition) is 3. The van der Waals surface area contributed by atoms with Gasteiger partial charge in [-0.15, -0.1) is 0 Å². The summed E-state index contributed by atoms with van der Waals surface area (Å²) < 4.78 is 6.23. The van der Waals surface area contributed by atoms with Crippen molar-refractivity contribution in [3.05, 3.63) is 51.6 Å². The maximum absolute atomic E-state index is 11.7. The van der Waals surface area contributed by atoms with Gasteiger partial charge < -0.3 is 9.72 Å². The van der Waals surface area contributed by atoms with E-state index in [2.05, 4.69) is 32.6 Å². The number of rotatable bonds is 5. The number of H-pyrrole nitrogens is 1. The highest BCUT2D eigenvalue weighted by Crippen LogP contribution is 2.09. The minimum absolute atomic E-state index is 0.268. The van der Waals surface area contributed by atoms with Crippen molar-refractivity contribution in [3.8, 4) is 0 Å². The zero-order valence-electron chi connectivity index (χ0n) is 9.73. The Morgan fingerprint density at radius 1 is 1.44 bits per heavy atom. The minimum atomic E-state index is -0.268. The fourth-order valence-corrected chi connectivity index (χ4v) is 2.09. The Kier molecular flexibility index (Phi) is 4.74. The highest BCUT2D eigenvalue weighted by Gasteiger charge is 2.06. The molecule has 0 fully saturated rings. The van der Waals surface area contributed by atoms with Crippen LogP contribution in [0, 0.1) is 3.57 Å². The lowest BCUT2D eigenvalue weighted by molar-refractivity contribution is 0.0500. The van der Waals surface area contributed by atoms with Crippen molar-refractivity contribution in [1.29, 1.82) is 0 Å². The molecule has 0 saturated heterocycles. The predicted octanol–water partition coefficient (Wildman–Crippen LogP) is 2.80. The summed E-state index contributed by atoms with van der Waals surface area (Å²) in [5.41, 5.74) is 1.59. The van der Waals surface area contributed by atoms with Crippen molar-refractivity contribution < 1.29 is 9.53 Å². The number of aromatic nitrogens is 2. The van der Waals surface area contributed by atoms with E-state index in [0.717, 1.165) is 22.1 Å². The summed E-state index contributed by atoms with van der Waals surface area (Å²) in [6, 6.07) is 7.37. The fraction of sp³-hybridized carbons (Fsp3) is 0.231. The number of ether oxygens (including phenoxy) is 1. The second-order valence-electron chi connectivity index (χ2n) is 3.81. The highest BCUT2D eigenvalue weighted by molar-refractivity contribution is 14.1. The molecule has 0 spiro atoms. The maximum atomic E-state index is 11.7. The van der Waals surface area contributed by atoms with Gasteiger partial charge in [0.05, 0.1) is 24.2 Å². The summed E-state index contributed by atoms with van der Waals surface area (Å²) in [4.78, 5) is 18.7. The van der Waals surface area contributed by atoms with Crippen molar-refractivity contribution in [3.63, 3.8) is 0 Å². The summed E-state index contributed by atoms with van der Waals surface area (Å²) in [5, 5.41) is 0. The third-order valence-corrected chi connectivity index (χ3v) is 3.10. The summed E-state index contributed by atoms with van der Waals surface area (Å²) in [5.74, 6) is -0.268. The summed E-state index contributed by atoms with van der Waals surface area (Å²) >= 11 is 2.17. The molecule has 0 bridgehead atoms. The van der Waals surface area contributed by atoms with Gasteiger partial charge in [-0.2, -0.15) is 0 Å². The molecular formula is C13H13IN2O2. The number of aryl methyl sites for hydroxylation is 1. The first kappa shape index (κ1) is 13.1. The molecule has 18 heavy (non-hydrogen) atoms. The van der Waals surface area contributed by atoms with Gasteiger partial charge in [-0.1, -0.05) is 6.07 Å². The molecule has 0 atom stereocenters. The van der Waals surface area contributed by atoms with Gasteiger partial charge in [-0.3, -0.25) is 0 Å². The van der Waals surface area contributed by atoms with Crippen LogP contribution in [-0.2, 0) is 11.2 Å². The van der Waals surface area contributed by atoms with Crippen LogP contribution in [0.3, 0.4) is 0 Å². The lowest BCUT2D eigenvalue weighted by atomic mass is 10.2. The Balaban J connectivity index is 1.75. The van der Waals surface area contributed by atoms with Crippen LogP contribution in [0.5, 0.6) is 0 Å². The maximum Gasteiger partial charge on any atom is 0.338 e. The number of halogens is 1. The van der Waals surface area contributed by atoms with E-state index < -0.39 is 0 Å². The van der Waals surface area contributed by atoms with E-state index in [1.165, 1.54) is 0 Å². The van der Waals surface area contributed by atoms with Crippen LogP contribution in [0.1, 0.15) is 22.5 Å². The van der Waals surface area contributed by atoms with E-state index in [-0.39, 0.29) is 5.97 Å². The van der Waals surface area contributed by atoms with Crippen molar-refractivity contribution in [2.75, 3.05) is 6.61 Å². The van der Waals surface area contributed by atoms with E-state index in [0.29, 0.717) is 12.2 Å². The highest BCUT2D eigenvalue weighted by atomic mass is 127. The fourth-order valence-electron chi connectivity index (χ4n) is 1.54. The monoisotopic (exact) mass is 356 g/mol. The lowest BCUT2D eigenvalue weighted by Gasteiger charge is -2.04. The number of carbonyl (C=O) groups excluding carboxylic acids is 1. The average molecular weight is 356 g/mol. The molecule has 1 aromatic heterocycles. The van der Waals surface area contributed by atoms with Crippen LogP contribution < -0.4 is 0 Å². The van der Waals surface area contributed by atoms with Crippen LogP contribution in [0.15, 0.2) is 36.8 Å². The van der Waals surface area contributed by atoms with Gasteiger partial charge in [0.15, 0.2) is 0 Å². The second-order valence-corrected chi connectivity index (χ2v) is 5.06. The number of aromatic amines is 1. The van der Waals surface area contributed by atoms with Crippen LogP contribution in [-0.4, -0.2) is 22.5 Å². The molecule has 0 saturated carbocycles. The Morgan fingerprint density at radius 2 is 2.33 bits per heavy atom. The standard InChI is InChI=1S/C13H13IN2O2/c14-11-4-1-3-10(7-11)13(17)18-6-2-5-12-8-15-9-16-12/h1,3-4,7-9H,2,5-6H2,(H,15,16). The number of benzene rings is 1. The van der Waals surface area contributed by atoms with Gasteiger partial charge in [0.1, 0.15) is 0 Å². The third-order valence-electron chi connectivity index (χ3n) is 2.43. The summed E-state index contributed by atoms with van der Waals surface area (Å²) in [6.07, 6.45) is 5.08. The first-order valence-electron chi connectivity index (χ1n) is 5.66. The number of esters is 1. The molecule has 1 aromatic carbocycles. The SMILES string of the molecule is O=C(OCCCc1c[nH]cn1)c1cccc(I)c1. The Morgan fingerprint density at radius 3 is 3.06 bits per heavy atom. The summed E-state index contributed by atoms with van der Waals surface area (Å²) in [7, 11) is 0. The molecule has 0 aliphatic carbocycles. The second kappa shape index (κ2) is 6.53. The molecule has 0 radical (unpaired) electrons. The molecule has 2 aromatic rings. The first-order valence-corrected chi connectivity index (χ1v) is 6.74. The topological polar surface area (TPSA) is 55.0 Å². The molecule has 94 valence electrons. The lowest BCUT2D eigenvalue weighted by Crippen LogP contribution is -2.07. The van der Waals surface area contributed by atoms with Crippen LogP contribution in [0.25, 0.3) is 0 Å². The molecule has 0 unspecified atom stereocenters. The van der Waals surface area contributed by atoms with Crippen molar-refractivity contribution in [2.45, 2.75) is 12.8 Å². The van der Waals surface area contributed by atoms with E-state index in [4.69, 9.17) is 4.74 Å². The molecule has 1 N–H and O–H groups in total. The predicted molar refractivity (Wildman–Crippen MR) is 76.4 cm³/mol. The molecule has 0 aliphatic rings. The number of hydrogen-bond donors (Lipinski definition) is 1. The molecule has 2 rings (SSSR count). The van der Waals surface area contributed by atoms with Gasteiger partial charge in [0, 0.05) is 9.77 Å². The van der Waals surface area contributed by atoms with E-state index in [1.54, 1.807) is 12.4 Å². The molecule has 5 heteroatoms. The Bertz CT molecular complexity index is 511. The van der Waals surface area contributed by atoms with E-state index in [9.17, 15) is 4.79 Å². The van der Waals surface area contributed by atoms with Crippen LogP contribution in [0.4, 0.5) is 0 Å². The number of carbonyl (C=O) groups is 1. The van der Waals surface area contributed by atoms with E-state index in [1.807, 2.05) is 24.4 Å². The smallest absolute Gasteiger partial charge is 0.338 e. The number of imidazole rings is 1. The number of nitrogens with one attached hydrogen (secondary N) is 1. The average Bonchev–Trinajstić information content (AvgIpc) is 2.87. The first-order chi connectivity index (χ1) is 8.75. The van der Waals surface area contributed by atoms with Gasteiger partial charge in [-0.05, 0) is 53.6 Å². The molecule has 1 heterocycles. The zero-order chi connectivity index (χ0) is 12.8.